The number of carbonyl (C=O) groups is 2. The van der Waals surface area contributed by atoms with Gasteiger partial charge in [0.25, 0.3) is 11.5 Å². The Bertz CT molecular complexity index is 5010. The largest absolute Gasteiger partial charge is 0.497 e. The molecule has 7 aromatic carbocycles. The van der Waals surface area contributed by atoms with Crippen LogP contribution in [-0.4, -0.2) is 131 Å². The second-order valence-electron chi connectivity index (χ2n) is 26.8. The molecule has 2 aliphatic carbocycles. The predicted octanol–water partition coefficient (Wildman–Crippen LogP) is 12.8. The molecule has 1 saturated heterocycles. The molecular weight excluding hydrogens is 1390 g/mol. The normalized spacial score (nSPS) is 21.0. The van der Waals surface area contributed by atoms with Crippen molar-refractivity contribution >= 4 is 53.7 Å². The van der Waals surface area contributed by atoms with E-state index in [4.69, 9.17) is 66.4 Å². The van der Waals surface area contributed by atoms with Crippen molar-refractivity contribution in [2.24, 2.45) is 23.2 Å². The number of ether oxygens (including phenoxy) is 8. The zero-order valence-corrected chi connectivity index (χ0v) is 60.9. The number of imidazole rings is 2. The number of nitrogens with one attached hydrogen (secondary N) is 3. The number of carbonyl (C=O) groups excluding carboxylic acids is 2. The fraction of sp³-hybridized carbons (Fsp3) is 0.312. The van der Waals surface area contributed by atoms with E-state index in [0.717, 1.165) is 16.7 Å². The third-order valence-corrected chi connectivity index (χ3v) is 21.9. The summed E-state index contributed by atoms with van der Waals surface area (Å²) in [6.07, 6.45) is -1.31. The Hall–Kier alpha value is -11.0. The smallest absolute Gasteiger partial charge is 0.475 e. The van der Waals surface area contributed by atoms with Gasteiger partial charge >= 0.3 is 7.82 Å². The van der Waals surface area contributed by atoms with Crippen molar-refractivity contribution in [2.45, 2.75) is 81.5 Å². The second kappa shape index (κ2) is 30.8. The molecule has 3 aliphatic rings. The van der Waals surface area contributed by atoms with Crippen LogP contribution in [0.3, 0.4) is 0 Å². The van der Waals surface area contributed by atoms with Crippen LogP contribution in [0.4, 0.5) is 11.8 Å². The summed E-state index contributed by atoms with van der Waals surface area (Å²) in [7, 11) is 2.89. The van der Waals surface area contributed by atoms with Crippen LogP contribution >= 0.6 is 7.82 Å². The number of H-pyrrole nitrogens is 1. The van der Waals surface area contributed by atoms with Gasteiger partial charge in [-0.3, -0.25) is 42.8 Å². The van der Waals surface area contributed by atoms with E-state index < -0.39 is 96.9 Å². The SMILES string of the molecule is COc1ccc(C(OC[C@]23C[C@@H]2[C@@H](n2cnc4c(NC(=O)c5ccccc5)ncnc42)[C@H](C)[C@@H]3OP(=O)(OCCC#N)OC[C@H]2O[C@@H](n3cnc4c(=O)[nH]c(NC(=O)C(C)C)nc43)[C@H](OC(c3ccccc3)(c3ccc(OC)cc3)c3ccc(OC)cc3)[C@@H]2OC)(c2ccccc2)c2ccc(OC)cc2)cc1. The first kappa shape index (κ1) is 72.9. The summed E-state index contributed by atoms with van der Waals surface area (Å²) in [6, 6.07) is 60.1. The highest BCUT2D eigenvalue weighted by molar-refractivity contribution is 7.48. The Morgan fingerprint density at radius 1 is 0.654 bits per heavy atom. The highest BCUT2D eigenvalue weighted by Crippen LogP contribution is 2.74. The third-order valence-electron chi connectivity index (χ3n) is 20.5. The lowest BCUT2D eigenvalue weighted by Crippen LogP contribution is -2.45. The van der Waals surface area contributed by atoms with Crippen LogP contribution in [0.15, 0.2) is 212 Å². The van der Waals surface area contributed by atoms with Crippen LogP contribution in [0.1, 0.15) is 89.6 Å². The number of fused-ring (bicyclic) bond motifs is 3. The monoisotopic (exact) mass is 1470 g/mol. The molecule has 0 spiro atoms. The number of aromatic amines is 1. The molecule has 26 nitrogen and oxygen atoms in total. The summed E-state index contributed by atoms with van der Waals surface area (Å²) in [5.41, 5.74) is 0.864. The lowest BCUT2D eigenvalue weighted by atomic mass is 9.79. The zero-order chi connectivity index (χ0) is 74.6. The van der Waals surface area contributed by atoms with E-state index in [1.165, 1.54) is 24.3 Å². The van der Waals surface area contributed by atoms with E-state index in [2.05, 4.69) is 31.7 Å². The fourth-order valence-electron chi connectivity index (χ4n) is 15.1. The van der Waals surface area contributed by atoms with E-state index in [-0.39, 0.29) is 48.5 Å². The highest BCUT2D eigenvalue weighted by Gasteiger charge is 2.73. The quantitative estimate of drug-likeness (QED) is 0.0214. The maximum atomic E-state index is 16.6. The van der Waals surface area contributed by atoms with Crippen molar-refractivity contribution in [2.75, 3.05) is 66.0 Å². The van der Waals surface area contributed by atoms with Crippen LogP contribution in [0.25, 0.3) is 22.3 Å². The van der Waals surface area contributed by atoms with E-state index in [9.17, 15) is 19.6 Å². The van der Waals surface area contributed by atoms with E-state index in [1.807, 2.05) is 175 Å². The first-order valence-corrected chi connectivity index (χ1v) is 36.4. The van der Waals surface area contributed by atoms with Gasteiger partial charge in [0.2, 0.25) is 11.9 Å². The molecule has 27 heteroatoms. The molecule has 11 aromatic rings. The first-order chi connectivity index (χ1) is 52.0. The summed E-state index contributed by atoms with van der Waals surface area (Å²) in [6.45, 7) is 4.43. The number of nitrogens with zero attached hydrogens (tertiary/aromatic N) is 8. The minimum atomic E-state index is -4.96. The van der Waals surface area contributed by atoms with Crippen LogP contribution < -0.4 is 35.1 Å². The molecule has 550 valence electrons. The Balaban J connectivity index is 0.881. The number of hydrogen-bond donors (Lipinski definition) is 3. The minimum Gasteiger partial charge on any atom is -0.497 e. The molecular formula is C80H80N11O15P. The summed E-state index contributed by atoms with van der Waals surface area (Å²) in [5.74, 6) is 0.311. The van der Waals surface area contributed by atoms with Crippen LogP contribution in [-0.2, 0) is 53.1 Å². The molecule has 1 aliphatic heterocycles. The number of phosphoric acid groups is 1. The Morgan fingerprint density at radius 3 is 1.72 bits per heavy atom. The van der Waals surface area contributed by atoms with Crippen molar-refractivity contribution in [1.29, 1.82) is 5.26 Å². The molecule has 5 heterocycles. The summed E-state index contributed by atoms with van der Waals surface area (Å²) >= 11 is 0. The van der Waals surface area contributed by atoms with Gasteiger partial charge in [-0.1, -0.05) is 148 Å². The minimum absolute atomic E-state index is 0.00714. The van der Waals surface area contributed by atoms with E-state index in [0.29, 0.717) is 62.8 Å². The molecule has 0 radical (unpaired) electrons. The number of hydrogen-bond acceptors (Lipinski definition) is 21. The van der Waals surface area contributed by atoms with E-state index in [1.54, 1.807) is 72.9 Å². The molecule has 2 saturated carbocycles. The van der Waals surface area contributed by atoms with Crippen molar-refractivity contribution in [3.63, 3.8) is 0 Å². The third kappa shape index (κ3) is 13.9. The lowest BCUT2D eigenvalue weighted by Gasteiger charge is -2.40. The first-order valence-electron chi connectivity index (χ1n) is 35.0. The van der Waals surface area contributed by atoms with Crippen molar-refractivity contribution < 1.29 is 65.6 Å². The van der Waals surface area contributed by atoms with Crippen LogP contribution in [0.5, 0.6) is 23.0 Å². The zero-order valence-electron chi connectivity index (χ0n) is 60.0. The number of aromatic nitrogens is 8. The molecule has 4 aromatic heterocycles. The number of amides is 2. The van der Waals surface area contributed by atoms with Crippen LogP contribution in [0, 0.1) is 34.5 Å². The van der Waals surface area contributed by atoms with Gasteiger partial charge in [-0.2, -0.15) is 10.2 Å². The van der Waals surface area contributed by atoms with Gasteiger partial charge in [0, 0.05) is 36.0 Å². The molecule has 107 heavy (non-hydrogen) atoms. The topological polar surface area (TPSA) is 308 Å². The number of nitriles is 1. The van der Waals surface area contributed by atoms with Crippen LogP contribution in [0.2, 0.25) is 0 Å². The summed E-state index contributed by atoms with van der Waals surface area (Å²) in [4.78, 5) is 67.1. The average molecular weight is 1470 g/mol. The van der Waals surface area contributed by atoms with Gasteiger partial charge in [-0.25, -0.2) is 24.5 Å². The maximum absolute atomic E-state index is 16.6. The van der Waals surface area contributed by atoms with Crippen molar-refractivity contribution in [3.05, 3.63) is 256 Å². The molecule has 3 fully saturated rings. The van der Waals surface area contributed by atoms with E-state index >= 15 is 4.57 Å². The van der Waals surface area contributed by atoms with Gasteiger partial charge in [0.05, 0.1) is 79.5 Å². The lowest BCUT2D eigenvalue weighted by molar-refractivity contribution is -0.126. The van der Waals surface area contributed by atoms with Crippen molar-refractivity contribution in [3.8, 4) is 29.1 Å². The molecule has 0 bridgehead atoms. The molecule has 14 rings (SSSR count). The number of rotatable bonds is 30. The molecule has 3 N–H and O–H groups in total. The number of methoxy groups -OCH3 is 5. The van der Waals surface area contributed by atoms with Gasteiger partial charge in [0.1, 0.15) is 58.8 Å². The average Bonchev–Trinajstić information content (AvgIpc) is 1.51. The summed E-state index contributed by atoms with van der Waals surface area (Å²) < 4.78 is 92.7. The number of phosphoric ester groups is 1. The second-order valence-corrected chi connectivity index (χ2v) is 28.4. The standard InChI is InChI=1S/C80H80N11O15P/c1-49(2)73(92)88-77-87-72-65(75(94)89-77)85-48-91(72)76-68(105-80(53-23-16-11-17-24-53,56-29-37-60(98-6)38-30-56)57-31-39-61(99-7)40-32-57)67(100-8)63(104-76)44-103-107(95,102-42-18-41-81)106-69-50(3)66(90-47-84-64-70(82-46-83-71(64)90)86-74(93)51-19-12-9-13-20-51)62-43-78(62,69)45-101-79(52-21-14-10-15-22-52,54-25-33-58(96-4)34-26-54)55-27-35-59(97-5)36-28-55/h9-17,19-40,46-50,62-63,66-69,76H,18,42-45H2,1-8H3,(H,82,83,86,93)(H2,87,88,89,92,94)/t50-,62+,63+,66-,67+,68+,69-,76+,78+,107?/m0/s1. The van der Waals surface area contributed by atoms with Gasteiger partial charge in [-0.05, 0) is 106 Å². The predicted molar refractivity (Wildman–Crippen MR) is 395 cm³/mol. The van der Waals surface area contributed by atoms with Crippen molar-refractivity contribution in [1.82, 2.24) is 39.0 Å². The number of anilines is 2. The van der Waals surface area contributed by atoms with Gasteiger partial charge < -0.3 is 47.8 Å². The molecule has 10 atom stereocenters. The van der Waals surface area contributed by atoms with Gasteiger partial charge in [-0.15, -0.1) is 0 Å². The highest BCUT2D eigenvalue weighted by atomic mass is 31.2. The molecule has 1 unspecified atom stereocenters. The molecule has 2 amide bonds. The van der Waals surface area contributed by atoms with Gasteiger partial charge in [0.15, 0.2) is 34.4 Å². The maximum Gasteiger partial charge on any atom is 0.475 e. The Morgan fingerprint density at radius 2 is 1.18 bits per heavy atom. The Kier molecular flexibility index (Phi) is 21.0. The fourth-order valence-corrected chi connectivity index (χ4v) is 16.6. The Labute approximate surface area is 616 Å². The number of benzene rings is 7. The summed E-state index contributed by atoms with van der Waals surface area (Å²) in [5, 5.41) is 15.8.